The van der Waals surface area contributed by atoms with Crippen LogP contribution in [0.15, 0.2) is 39.5 Å². The van der Waals surface area contributed by atoms with Crippen LogP contribution in [0.3, 0.4) is 0 Å². The zero-order chi connectivity index (χ0) is 25.4. The highest BCUT2D eigenvalue weighted by Crippen LogP contribution is 2.39. The Morgan fingerprint density at radius 3 is 2.31 bits per heavy atom. The molecule has 35 heavy (non-hydrogen) atoms. The van der Waals surface area contributed by atoms with Gasteiger partial charge in [-0.15, -0.1) is 0 Å². The maximum Gasteiger partial charge on any atom is 0.239 e. The summed E-state index contributed by atoms with van der Waals surface area (Å²) in [4.78, 5) is 13.6. The number of rotatable bonds is 6. The number of ether oxygens (including phenoxy) is 4. The van der Waals surface area contributed by atoms with Crippen molar-refractivity contribution < 1.29 is 54.0 Å². The van der Waals surface area contributed by atoms with E-state index in [9.17, 15) is 35.4 Å². The highest BCUT2D eigenvalue weighted by molar-refractivity contribution is 5.88. The lowest BCUT2D eigenvalue weighted by atomic mass is 9.99. The number of aliphatic hydroxyl groups excluding tert-OH is 4. The van der Waals surface area contributed by atoms with E-state index in [-0.39, 0.29) is 45.3 Å². The van der Waals surface area contributed by atoms with E-state index in [1.54, 1.807) is 0 Å². The molecule has 1 aliphatic heterocycles. The minimum Gasteiger partial charge on any atom is -0.508 e. The highest BCUT2D eigenvalue weighted by Gasteiger charge is 2.45. The van der Waals surface area contributed by atoms with Crippen molar-refractivity contribution in [3.05, 3.63) is 40.6 Å². The monoisotopic (exact) mass is 492 g/mol. The maximum absolute atomic E-state index is 13.6. The second-order valence-electron chi connectivity index (χ2n) is 7.81. The highest BCUT2D eigenvalue weighted by atomic mass is 16.7. The molecule has 1 saturated heterocycles. The molecule has 0 unspecified atom stereocenters. The number of aliphatic hydroxyl groups is 4. The van der Waals surface area contributed by atoms with Crippen LogP contribution in [0.1, 0.15) is 0 Å². The Bertz CT molecular complexity index is 1280. The van der Waals surface area contributed by atoms with Crippen LogP contribution < -0.4 is 19.6 Å². The van der Waals surface area contributed by atoms with Gasteiger partial charge in [0.1, 0.15) is 46.9 Å². The Morgan fingerprint density at radius 2 is 1.66 bits per heavy atom. The Morgan fingerprint density at radius 1 is 0.943 bits per heavy atom. The number of phenols is 2. The Kier molecular flexibility index (Phi) is 6.74. The largest absolute Gasteiger partial charge is 0.508 e. The summed E-state index contributed by atoms with van der Waals surface area (Å²) in [6.45, 7) is -0.702. The fourth-order valence-electron chi connectivity index (χ4n) is 3.81. The molecule has 6 N–H and O–H groups in total. The lowest BCUT2D eigenvalue weighted by Gasteiger charge is -2.39. The minimum atomic E-state index is -1.80. The van der Waals surface area contributed by atoms with Gasteiger partial charge in [0, 0.05) is 17.7 Å². The van der Waals surface area contributed by atoms with Crippen LogP contribution in [-0.4, -0.2) is 82.2 Å². The first-order chi connectivity index (χ1) is 16.7. The maximum atomic E-state index is 13.6. The number of hydrogen-bond acceptors (Lipinski definition) is 12. The summed E-state index contributed by atoms with van der Waals surface area (Å²) < 4.78 is 27.3. The van der Waals surface area contributed by atoms with Gasteiger partial charge >= 0.3 is 0 Å². The number of phenolic OH excluding ortho intramolecular Hbond substituents is 2. The van der Waals surface area contributed by atoms with Crippen molar-refractivity contribution in [3.63, 3.8) is 0 Å². The molecule has 12 nitrogen and oxygen atoms in total. The molecule has 0 spiro atoms. The molecule has 1 fully saturated rings. The van der Waals surface area contributed by atoms with E-state index in [1.165, 1.54) is 44.6 Å². The second kappa shape index (κ2) is 9.60. The molecule has 0 radical (unpaired) electrons. The van der Waals surface area contributed by atoms with Gasteiger partial charge in [0.15, 0.2) is 17.3 Å². The molecule has 0 saturated carbocycles. The van der Waals surface area contributed by atoms with Gasteiger partial charge in [0.2, 0.25) is 17.5 Å². The summed E-state index contributed by atoms with van der Waals surface area (Å²) in [6, 6.07) is 6.44. The smallest absolute Gasteiger partial charge is 0.239 e. The number of benzene rings is 2. The van der Waals surface area contributed by atoms with Crippen molar-refractivity contribution in [2.45, 2.75) is 30.7 Å². The predicted octanol–water partition coefficient (Wildman–Crippen LogP) is 0.0671. The van der Waals surface area contributed by atoms with Crippen molar-refractivity contribution in [1.29, 1.82) is 0 Å². The zero-order valence-corrected chi connectivity index (χ0v) is 18.6. The second-order valence-corrected chi connectivity index (χ2v) is 7.81. The van der Waals surface area contributed by atoms with Crippen LogP contribution in [0.25, 0.3) is 22.3 Å². The normalized spacial score (nSPS) is 24.3. The molecule has 0 aliphatic carbocycles. The third-order valence-corrected chi connectivity index (χ3v) is 5.65. The average molecular weight is 492 g/mol. The molecule has 188 valence electrons. The van der Waals surface area contributed by atoms with Crippen LogP contribution in [0.5, 0.6) is 28.7 Å². The molecule has 2 aromatic carbocycles. The zero-order valence-electron chi connectivity index (χ0n) is 18.6. The summed E-state index contributed by atoms with van der Waals surface area (Å²) in [6.07, 6.45) is -8.15. The van der Waals surface area contributed by atoms with Gasteiger partial charge in [-0.1, -0.05) is 0 Å². The van der Waals surface area contributed by atoms with Crippen LogP contribution >= 0.6 is 0 Å². The van der Waals surface area contributed by atoms with E-state index in [0.717, 1.165) is 0 Å². The molecule has 0 amide bonds. The molecular formula is C23H24O12. The quantitative estimate of drug-likeness (QED) is 0.272. The first kappa shape index (κ1) is 24.6. The molecule has 4 rings (SSSR count). The van der Waals surface area contributed by atoms with E-state index in [4.69, 9.17) is 23.4 Å². The van der Waals surface area contributed by atoms with E-state index in [0.29, 0.717) is 0 Å². The van der Waals surface area contributed by atoms with Crippen molar-refractivity contribution in [1.82, 2.24) is 0 Å². The summed E-state index contributed by atoms with van der Waals surface area (Å²) in [5.41, 5.74) is -0.627. The van der Waals surface area contributed by atoms with Crippen molar-refractivity contribution >= 4 is 11.0 Å². The Labute approximate surface area is 197 Å². The first-order valence-corrected chi connectivity index (χ1v) is 10.4. The van der Waals surface area contributed by atoms with Gasteiger partial charge in [-0.05, 0) is 18.2 Å². The Hall–Kier alpha value is -3.55. The fraction of sp³-hybridized carbons (Fsp3) is 0.348. The molecule has 12 heteroatoms. The van der Waals surface area contributed by atoms with Gasteiger partial charge in [-0.2, -0.15) is 0 Å². The first-order valence-electron chi connectivity index (χ1n) is 10.4. The topological polar surface area (TPSA) is 189 Å². The van der Waals surface area contributed by atoms with E-state index in [1.807, 2.05) is 0 Å². The van der Waals surface area contributed by atoms with Gasteiger partial charge in [-0.25, -0.2) is 0 Å². The number of fused-ring (bicyclic) bond motifs is 1. The summed E-state index contributed by atoms with van der Waals surface area (Å²) in [7, 11) is 2.61. The lowest BCUT2D eigenvalue weighted by Crippen LogP contribution is -2.60. The molecule has 1 aliphatic rings. The van der Waals surface area contributed by atoms with Gasteiger partial charge in [0.05, 0.1) is 20.8 Å². The van der Waals surface area contributed by atoms with Crippen LogP contribution in [-0.2, 0) is 4.74 Å². The third-order valence-electron chi connectivity index (χ3n) is 5.65. The molecule has 3 aromatic rings. The summed E-state index contributed by atoms with van der Waals surface area (Å²) >= 11 is 0. The van der Waals surface area contributed by atoms with Crippen LogP contribution in [0.2, 0.25) is 0 Å². The average Bonchev–Trinajstić information content (AvgIpc) is 2.85. The lowest BCUT2D eigenvalue weighted by molar-refractivity contribution is -0.277. The van der Waals surface area contributed by atoms with Gasteiger partial charge in [-0.3, -0.25) is 4.79 Å². The minimum absolute atomic E-state index is 0.0257. The standard InChI is InChI=1S/C23H24O12/c1-31-12-5-9(3-4-11(12)26)21-22(35-23-20(30)19(29)17(27)15(8-24)34-23)18(28)16-13(32-2)6-10(25)7-14(16)33-21/h3-7,15,17,19-20,23-27,29-30H,8H2,1-2H3/t15-,17-,19-,20-,23-/m1/s1. The SMILES string of the molecule is COc1cc(-c2oc3cc(O)cc(OC)c3c(=O)c2O[C@H]2O[C@H](CO)[C@@H](O)[C@@H](O)[C@H]2O)ccc1O. The Balaban J connectivity index is 1.94. The van der Waals surface area contributed by atoms with Gasteiger partial charge < -0.3 is 54.0 Å². The van der Waals surface area contributed by atoms with Gasteiger partial charge in [0.25, 0.3) is 0 Å². The third kappa shape index (κ3) is 4.33. The van der Waals surface area contributed by atoms with Crippen LogP contribution in [0.4, 0.5) is 0 Å². The van der Waals surface area contributed by atoms with Crippen molar-refractivity contribution in [2.75, 3.05) is 20.8 Å². The number of aromatic hydroxyl groups is 2. The van der Waals surface area contributed by atoms with Crippen molar-refractivity contribution in [2.24, 2.45) is 0 Å². The number of hydrogen-bond donors (Lipinski definition) is 6. The van der Waals surface area contributed by atoms with E-state index in [2.05, 4.69) is 0 Å². The fourth-order valence-corrected chi connectivity index (χ4v) is 3.81. The molecular weight excluding hydrogens is 468 g/mol. The number of methoxy groups -OCH3 is 2. The summed E-state index contributed by atoms with van der Waals surface area (Å²) in [5.74, 6) is -1.06. The molecule has 5 atom stereocenters. The predicted molar refractivity (Wildman–Crippen MR) is 119 cm³/mol. The van der Waals surface area contributed by atoms with E-state index < -0.39 is 48.5 Å². The van der Waals surface area contributed by atoms with E-state index >= 15 is 0 Å². The van der Waals surface area contributed by atoms with Crippen molar-refractivity contribution in [3.8, 4) is 40.1 Å². The molecule has 0 bridgehead atoms. The molecule has 1 aromatic heterocycles. The van der Waals surface area contributed by atoms with Crippen LogP contribution in [0, 0.1) is 0 Å². The summed E-state index contributed by atoms with van der Waals surface area (Å²) in [5, 5.41) is 59.9. The molecule has 2 heterocycles.